The van der Waals surface area contributed by atoms with E-state index in [1.807, 2.05) is 12.3 Å². The summed E-state index contributed by atoms with van der Waals surface area (Å²) < 4.78 is 1.77. The van der Waals surface area contributed by atoms with Gasteiger partial charge in [0.2, 0.25) is 5.92 Å². The summed E-state index contributed by atoms with van der Waals surface area (Å²) in [6.45, 7) is 0. The first-order chi connectivity index (χ1) is 10.5. The van der Waals surface area contributed by atoms with Crippen LogP contribution in [0.2, 0.25) is 0 Å². The molecule has 0 amide bonds. The van der Waals surface area contributed by atoms with E-state index in [0.717, 1.165) is 31.2 Å². The standard InChI is InChI=1S/C16H19NO5/c18-13(12(14(19)20)15(21)22)16(6-1-2-7-16)17-8-5-11(9-17)10-3-4-10/h5,8-10,12H,1-4,6-7H2,(H,19,20)(H,21,22). The van der Waals surface area contributed by atoms with Crippen LogP contribution in [0, 0.1) is 5.92 Å². The average molecular weight is 305 g/mol. The van der Waals surface area contributed by atoms with E-state index in [1.54, 1.807) is 10.8 Å². The molecule has 118 valence electrons. The Morgan fingerprint density at radius 3 is 2.23 bits per heavy atom. The molecule has 0 aromatic carbocycles. The molecule has 2 N–H and O–H groups in total. The molecule has 0 radical (unpaired) electrons. The summed E-state index contributed by atoms with van der Waals surface area (Å²) in [6, 6.07) is 1.96. The zero-order chi connectivity index (χ0) is 15.9. The fraction of sp³-hybridized carbons (Fsp3) is 0.562. The van der Waals surface area contributed by atoms with Crippen molar-refractivity contribution in [1.29, 1.82) is 0 Å². The molecule has 3 rings (SSSR count). The van der Waals surface area contributed by atoms with Crippen molar-refractivity contribution in [2.24, 2.45) is 5.92 Å². The predicted molar refractivity (Wildman–Crippen MR) is 76.6 cm³/mol. The smallest absolute Gasteiger partial charge is 0.325 e. The van der Waals surface area contributed by atoms with Gasteiger partial charge in [-0.1, -0.05) is 12.8 Å². The number of hydrogen-bond acceptors (Lipinski definition) is 3. The zero-order valence-electron chi connectivity index (χ0n) is 12.2. The van der Waals surface area contributed by atoms with Crippen LogP contribution in [0.4, 0.5) is 0 Å². The molecule has 0 atom stereocenters. The van der Waals surface area contributed by atoms with E-state index in [0.29, 0.717) is 18.8 Å². The van der Waals surface area contributed by atoms with Crippen molar-refractivity contribution >= 4 is 17.7 Å². The number of carbonyl (C=O) groups excluding carboxylic acids is 1. The van der Waals surface area contributed by atoms with E-state index in [1.165, 1.54) is 0 Å². The Morgan fingerprint density at radius 1 is 1.14 bits per heavy atom. The van der Waals surface area contributed by atoms with Gasteiger partial charge in [-0.15, -0.1) is 0 Å². The summed E-state index contributed by atoms with van der Waals surface area (Å²) in [6.07, 6.45) is 8.58. The van der Waals surface area contributed by atoms with Crippen LogP contribution in [0.15, 0.2) is 18.5 Å². The van der Waals surface area contributed by atoms with E-state index in [9.17, 15) is 14.4 Å². The summed E-state index contributed by atoms with van der Waals surface area (Å²) >= 11 is 0. The third-order valence-electron chi connectivity index (χ3n) is 4.90. The van der Waals surface area contributed by atoms with Crippen LogP contribution in [0.1, 0.15) is 50.0 Å². The maximum absolute atomic E-state index is 12.8. The largest absolute Gasteiger partial charge is 0.480 e. The third kappa shape index (κ3) is 2.32. The first-order valence-corrected chi connectivity index (χ1v) is 7.64. The van der Waals surface area contributed by atoms with Gasteiger partial charge in [0.15, 0.2) is 5.78 Å². The van der Waals surface area contributed by atoms with Crippen LogP contribution in [0.3, 0.4) is 0 Å². The molecule has 2 aliphatic carbocycles. The normalized spacial score (nSPS) is 20.2. The summed E-state index contributed by atoms with van der Waals surface area (Å²) in [4.78, 5) is 35.2. The second kappa shape index (κ2) is 5.26. The minimum atomic E-state index is -2.00. The number of aromatic nitrogens is 1. The molecule has 0 aliphatic heterocycles. The quantitative estimate of drug-likeness (QED) is 0.783. The molecule has 22 heavy (non-hydrogen) atoms. The highest BCUT2D eigenvalue weighted by atomic mass is 16.4. The number of nitrogens with zero attached hydrogens (tertiary/aromatic N) is 1. The van der Waals surface area contributed by atoms with Crippen LogP contribution in [-0.4, -0.2) is 32.5 Å². The van der Waals surface area contributed by atoms with Crippen molar-refractivity contribution in [3.8, 4) is 0 Å². The number of ketones is 1. The molecule has 0 unspecified atom stereocenters. The first-order valence-electron chi connectivity index (χ1n) is 7.64. The van der Waals surface area contributed by atoms with Gasteiger partial charge >= 0.3 is 11.9 Å². The van der Waals surface area contributed by atoms with Crippen molar-refractivity contribution in [2.45, 2.75) is 50.0 Å². The van der Waals surface area contributed by atoms with E-state index in [4.69, 9.17) is 10.2 Å². The maximum Gasteiger partial charge on any atom is 0.325 e. The number of carboxylic acid groups (broad SMARTS) is 2. The van der Waals surface area contributed by atoms with Crippen molar-refractivity contribution < 1.29 is 24.6 Å². The zero-order valence-corrected chi connectivity index (χ0v) is 12.2. The molecule has 0 bridgehead atoms. The molecular weight excluding hydrogens is 286 g/mol. The van der Waals surface area contributed by atoms with Gasteiger partial charge in [0.1, 0.15) is 5.54 Å². The number of rotatable bonds is 6. The monoisotopic (exact) mass is 305 g/mol. The van der Waals surface area contributed by atoms with Crippen LogP contribution in [0.5, 0.6) is 0 Å². The molecule has 2 saturated carbocycles. The highest BCUT2D eigenvalue weighted by Crippen LogP contribution is 2.44. The van der Waals surface area contributed by atoms with Crippen molar-refractivity contribution in [3.05, 3.63) is 24.0 Å². The highest BCUT2D eigenvalue weighted by molar-refractivity contribution is 6.16. The van der Waals surface area contributed by atoms with Crippen molar-refractivity contribution in [1.82, 2.24) is 4.57 Å². The lowest BCUT2D eigenvalue weighted by molar-refractivity contribution is -0.160. The number of carboxylic acids is 2. The first kappa shape index (κ1) is 14.8. The van der Waals surface area contributed by atoms with Gasteiger partial charge in [-0.3, -0.25) is 14.4 Å². The van der Waals surface area contributed by atoms with E-state index in [-0.39, 0.29) is 0 Å². The molecule has 6 nitrogen and oxygen atoms in total. The lowest BCUT2D eigenvalue weighted by Crippen LogP contribution is -2.47. The summed E-state index contributed by atoms with van der Waals surface area (Å²) in [5, 5.41) is 18.3. The van der Waals surface area contributed by atoms with Gasteiger partial charge in [-0.05, 0) is 43.2 Å². The SMILES string of the molecule is O=C(O)C(C(=O)O)C(=O)C1(n2ccc(C3CC3)c2)CCCC1. The minimum absolute atomic E-state index is 0.502. The fourth-order valence-corrected chi connectivity index (χ4v) is 3.53. The predicted octanol–water partition coefficient (Wildman–Crippen LogP) is 1.99. The number of aliphatic carboxylic acids is 2. The molecule has 1 aromatic rings. The Kier molecular flexibility index (Phi) is 3.54. The Labute approximate surface area is 127 Å². The van der Waals surface area contributed by atoms with Gasteiger partial charge in [0.25, 0.3) is 0 Å². The van der Waals surface area contributed by atoms with Crippen LogP contribution in [0.25, 0.3) is 0 Å². The average Bonchev–Trinajstić information content (AvgIpc) is 3.00. The second-order valence-electron chi connectivity index (χ2n) is 6.34. The lowest BCUT2D eigenvalue weighted by Gasteiger charge is -2.31. The highest BCUT2D eigenvalue weighted by Gasteiger charge is 2.50. The van der Waals surface area contributed by atoms with Gasteiger partial charge in [-0.25, -0.2) is 0 Å². The van der Waals surface area contributed by atoms with Crippen molar-refractivity contribution in [2.75, 3.05) is 0 Å². The Morgan fingerprint density at radius 2 is 1.73 bits per heavy atom. The molecule has 0 spiro atoms. The Balaban J connectivity index is 1.97. The summed E-state index contributed by atoms with van der Waals surface area (Å²) in [7, 11) is 0. The molecular formula is C16H19NO5. The minimum Gasteiger partial charge on any atom is -0.480 e. The summed E-state index contributed by atoms with van der Waals surface area (Å²) in [5.74, 6) is -5.34. The van der Waals surface area contributed by atoms with Gasteiger partial charge in [0.05, 0.1) is 0 Å². The fourth-order valence-electron chi connectivity index (χ4n) is 3.53. The van der Waals surface area contributed by atoms with Crippen molar-refractivity contribution in [3.63, 3.8) is 0 Å². The molecule has 1 heterocycles. The maximum atomic E-state index is 12.8. The molecule has 1 aromatic heterocycles. The summed E-state index contributed by atoms with van der Waals surface area (Å²) in [5.41, 5.74) is 0.135. The Hall–Kier alpha value is -2.11. The number of Topliss-reactive ketones (excluding diaryl/α,β-unsaturated/α-hetero) is 1. The number of hydrogen-bond donors (Lipinski definition) is 2. The molecule has 2 aliphatic rings. The topological polar surface area (TPSA) is 96.6 Å². The van der Waals surface area contributed by atoms with Gasteiger partial charge in [-0.2, -0.15) is 0 Å². The van der Waals surface area contributed by atoms with Gasteiger partial charge in [0, 0.05) is 12.4 Å². The molecule has 6 heteroatoms. The molecule has 0 saturated heterocycles. The van der Waals surface area contributed by atoms with Crippen LogP contribution >= 0.6 is 0 Å². The second-order valence-corrected chi connectivity index (χ2v) is 6.34. The third-order valence-corrected chi connectivity index (χ3v) is 4.90. The number of carbonyl (C=O) groups is 3. The van der Waals surface area contributed by atoms with E-state index in [2.05, 4.69) is 0 Å². The van der Waals surface area contributed by atoms with E-state index >= 15 is 0 Å². The van der Waals surface area contributed by atoms with Gasteiger partial charge < -0.3 is 14.8 Å². The van der Waals surface area contributed by atoms with E-state index < -0.39 is 29.2 Å². The Bertz CT molecular complexity index is 608. The van der Waals surface area contributed by atoms with Crippen LogP contribution in [-0.2, 0) is 19.9 Å². The van der Waals surface area contributed by atoms with Crippen LogP contribution < -0.4 is 0 Å². The lowest BCUT2D eigenvalue weighted by atomic mass is 9.83. The molecule has 2 fully saturated rings.